The van der Waals surface area contributed by atoms with Gasteiger partial charge in [-0.25, -0.2) is 0 Å². The molecule has 0 saturated carbocycles. The number of likely N-dealkylation sites (N-methyl/N-ethyl adjacent to an activating group) is 1. The summed E-state index contributed by atoms with van der Waals surface area (Å²) < 4.78 is 0.737. The van der Waals surface area contributed by atoms with Crippen molar-refractivity contribution in [1.29, 1.82) is 0 Å². The highest BCUT2D eigenvalue weighted by Crippen LogP contribution is 2.03. The van der Waals surface area contributed by atoms with Crippen molar-refractivity contribution in [2.75, 3.05) is 32.7 Å². The van der Waals surface area contributed by atoms with Gasteiger partial charge in [0.05, 0.1) is 0 Å². The molecule has 2 nitrogen and oxygen atoms in total. The SMILES string of the molecule is CCN1CCN(C(=S)S)CC1. The van der Waals surface area contributed by atoms with E-state index in [-0.39, 0.29) is 0 Å². The largest absolute Gasteiger partial charge is 0.355 e. The highest BCUT2D eigenvalue weighted by molar-refractivity contribution is 8.10. The second kappa shape index (κ2) is 4.28. The van der Waals surface area contributed by atoms with Gasteiger partial charge in [-0.2, -0.15) is 0 Å². The molecule has 0 N–H and O–H groups in total. The predicted molar refractivity (Wildman–Crippen MR) is 55.3 cm³/mol. The van der Waals surface area contributed by atoms with Gasteiger partial charge in [0.1, 0.15) is 4.32 Å². The van der Waals surface area contributed by atoms with Crippen LogP contribution in [-0.2, 0) is 0 Å². The third kappa shape index (κ3) is 2.61. The van der Waals surface area contributed by atoms with E-state index in [0.717, 1.165) is 37.0 Å². The van der Waals surface area contributed by atoms with Crippen molar-refractivity contribution in [2.45, 2.75) is 6.92 Å². The lowest BCUT2D eigenvalue weighted by molar-refractivity contribution is 0.194. The molecule has 0 atom stereocenters. The van der Waals surface area contributed by atoms with Crippen LogP contribution in [0, 0.1) is 0 Å². The highest BCUT2D eigenvalue weighted by Gasteiger charge is 2.15. The molecule has 0 bridgehead atoms. The molecule has 1 rings (SSSR count). The van der Waals surface area contributed by atoms with Crippen LogP contribution in [0.4, 0.5) is 0 Å². The molecule has 1 heterocycles. The average molecular weight is 190 g/mol. The fraction of sp³-hybridized carbons (Fsp3) is 0.857. The number of piperazine rings is 1. The van der Waals surface area contributed by atoms with Gasteiger partial charge in [-0.05, 0) is 6.54 Å². The summed E-state index contributed by atoms with van der Waals surface area (Å²) in [5.74, 6) is 0. The van der Waals surface area contributed by atoms with Gasteiger partial charge in [-0.3, -0.25) is 0 Å². The molecule has 0 aliphatic carbocycles. The van der Waals surface area contributed by atoms with E-state index in [0.29, 0.717) is 0 Å². The maximum atomic E-state index is 4.96. The molecule has 11 heavy (non-hydrogen) atoms. The van der Waals surface area contributed by atoms with Crippen LogP contribution in [0.5, 0.6) is 0 Å². The quantitative estimate of drug-likeness (QED) is 0.484. The summed E-state index contributed by atoms with van der Waals surface area (Å²) in [5, 5.41) is 0. The Kier molecular flexibility index (Phi) is 3.62. The summed E-state index contributed by atoms with van der Waals surface area (Å²) in [7, 11) is 0. The first kappa shape index (κ1) is 9.29. The van der Waals surface area contributed by atoms with Gasteiger partial charge >= 0.3 is 0 Å². The summed E-state index contributed by atoms with van der Waals surface area (Å²) in [6, 6.07) is 0. The van der Waals surface area contributed by atoms with E-state index >= 15 is 0 Å². The molecule has 4 heteroatoms. The van der Waals surface area contributed by atoms with Crippen LogP contribution in [0.1, 0.15) is 6.92 Å². The zero-order valence-corrected chi connectivity index (χ0v) is 8.50. The average Bonchev–Trinajstić information content (AvgIpc) is 2.05. The van der Waals surface area contributed by atoms with Crippen molar-refractivity contribution >= 4 is 29.2 Å². The molecule has 0 amide bonds. The molecule has 0 radical (unpaired) electrons. The molecule has 0 spiro atoms. The van der Waals surface area contributed by atoms with E-state index in [2.05, 4.69) is 29.4 Å². The Bertz CT molecular complexity index is 141. The van der Waals surface area contributed by atoms with Crippen LogP contribution in [0.3, 0.4) is 0 Å². The summed E-state index contributed by atoms with van der Waals surface area (Å²) in [6.45, 7) is 7.66. The van der Waals surface area contributed by atoms with Crippen LogP contribution >= 0.6 is 24.8 Å². The Labute approximate surface area is 79.0 Å². The first-order valence-electron chi connectivity index (χ1n) is 3.94. The minimum atomic E-state index is 0.737. The molecule has 64 valence electrons. The fourth-order valence-electron chi connectivity index (χ4n) is 1.26. The Morgan fingerprint density at radius 2 is 1.91 bits per heavy atom. The van der Waals surface area contributed by atoms with Crippen molar-refractivity contribution in [1.82, 2.24) is 9.80 Å². The van der Waals surface area contributed by atoms with Crippen molar-refractivity contribution in [2.24, 2.45) is 0 Å². The first-order valence-corrected chi connectivity index (χ1v) is 4.80. The van der Waals surface area contributed by atoms with Crippen LogP contribution < -0.4 is 0 Å². The lowest BCUT2D eigenvalue weighted by atomic mass is 10.3. The van der Waals surface area contributed by atoms with Crippen LogP contribution in [0.15, 0.2) is 0 Å². The molecule has 1 aliphatic heterocycles. The van der Waals surface area contributed by atoms with Gasteiger partial charge in [0.2, 0.25) is 0 Å². The Hall–Kier alpha value is 0.200. The second-order valence-electron chi connectivity index (χ2n) is 2.70. The third-order valence-electron chi connectivity index (χ3n) is 2.09. The molecule has 1 saturated heterocycles. The van der Waals surface area contributed by atoms with Crippen molar-refractivity contribution in [3.63, 3.8) is 0 Å². The molecule has 0 unspecified atom stereocenters. The third-order valence-corrected chi connectivity index (χ3v) is 2.63. The molecule has 1 fully saturated rings. The molecule has 1 aliphatic rings. The molecular weight excluding hydrogens is 176 g/mol. The van der Waals surface area contributed by atoms with Crippen LogP contribution in [-0.4, -0.2) is 46.8 Å². The summed E-state index contributed by atoms with van der Waals surface area (Å²) in [4.78, 5) is 4.56. The number of hydrogen-bond acceptors (Lipinski definition) is 2. The zero-order chi connectivity index (χ0) is 8.27. The lowest BCUT2D eigenvalue weighted by Crippen LogP contribution is -2.46. The zero-order valence-electron chi connectivity index (χ0n) is 6.79. The number of rotatable bonds is 1. The monoisotopic (exact) mass is 190 g/mol. The smallest absolute Gasteiger partial charge is 0.133 e. The van der Waals surface area contributed by atoms with Crippen molar-refractivity contribution in [3.8, 4) is 0 Å². The lowest BCUT2D eigenvalue weighted by Gasteiger charge is -2.34. The molecule has 0 aromatic heterocycles. The van der Waals surface area contributed by atoms with E-state index in [1.54, 1.807) is 0 Å². The van der Waals surface area contributed by atoms with Gasteiger partial charge in [0.25, 0.3) is 0 Å². The van der Waals surface area contributed by atoms with E-state index in [1.165, 1.54) is 0 Å². The molecular formula is C7H14N2S2. The van der Waals surface area contributed by atoms with Gasteiger partial charge < -0.3 is 9.80 Å². The Balaban J connectivity index is 2.30. The predicted octanol–water partition coefficient (Wildman–Crippen LogP) is 0.839. The van der Waals surface area contributed by atoms with E-state index in [1.807, 2.05) is 0 Å². The van der Waals surface area contributed by atoms with Gasteiger partial charge in [0, 0.05) is 26.2 Å². The number of thiocarbonyl (C=S) groups is 1. The standard InChI is InChI=1S/C7H14N2S2/c1-2-8-3-5-9(6-4-8)7(10)11/h2-6H2,1H3,(H,10,11). The highest BCUT2D eigenvalue weighted by atomic mass is 32.1. The minimum absolute atomic E-state index is 0.737. The maximum absolute atomic E-state index is 4.96. The summed E-state index contributed by atoms with van der Waals surface area (Å²) in [6.07, 6.45) is 0. The van der Waals surface area contributed by atoms with Gasteiger partial charge in [-0.15, -0.1) is 12.6 Å². The van der Waals surface area contributed by atoms with Crippen LogP contribution in [0.25, 0.3) is 0 Å². The molecule has 0 aromatic rings. The van der Waals surface area contributed by atoms with Crippen molar-refractivity contribution in [3.05, 3.63) is 0 Å². The topological polar surface area (TPSA) is 6.48 Å². The summed E-state index contributed by atoms with van der Waals surface area (Å²) >= 11 is 9.10. The van der Waals surface area contributed by atoms with Gasteiger partial charge in [0.15, 0.2) is 0 Å². The minimum Gasteiger partial charge on any atom is -0.355 e. The number of nitrogens with zero attached hydrogens (tertiary/aromatic N) is 2. The number of hydrogen-bond donors (Lipinski definition) is 1. The van der Waals surface area contributed by atoms with Gasteiger partial charge in [-0.1, -0.05) is 19.1 Å². The maximum Gasteiger partial charge on any atom is 0.133 e. The number of thiol groups is 1. The second-order valence-corrected chi connectivity index (χ2v) is 3.82. The normalized spacial score (nSPS) is 20.4. The van der Waals surface area contributed by atoms with E-state index < -0.39 is 0 Å². The van der Waals surface area contributed by atoms with Crippen LogP contribution in [0.2, 0.25) is 0 Å². The fourth-order valence-corrected chi connectivity index (χ4v) is 1.64. The van der Waals surface area contributed by atoms with Crippen molar-refractivity contribution < 1.29 is 0 Å². The molecule has 0 aromatic carbocycles. The Morgan fingerprint density at radius 3 is 2.27 bits per heavy atom. The van der Waals surface area contributed by atoms with E-state index in [9.17, 15) is 0 Å². The first-order chi connectivity index (χ1) is 5.24. The summed E-state index contributed by atoms with van der Waals surface area (Å²) in [5.41, 5.74) is 0. The van der Waals surface area contributed by atoms with E-state index in [4.69, 9.17) is 12.2 Å². The Morgan fingerprint density at radius 1 is 1.36 bits per heavy atom.